The summed E-state index contributed by atoms with van der Waals surface area (Å²) in [5, 5.41) is 3.42. The van der Waals surface area contributed by atoms with Crippen molar-refractivity contribution in [3.05, 3.63) is 29.3 Å². The smallest absolute Gasteiger partial charge is 0.0398 e. The molecule has 21 heavy (non-hydrogen) atoms. The average Bonchev–Trinajstić information content (AvgIpc) is 2.53. The first kappa shape index (κ1) is 14.9. The van der Waals surface area contributed by atoms with Crippen molar-refractivity contribution in [2.75, 3.05) is 18.0 Å². The van der Waals surface area contributed by atoms with Gasteiger partial charge in [-0.05, 0) is 62.3 Å². The van der Waals surface area contributed by atoms with Crippen LogP contribution in [-0.2, 0) is 6.54 Å². The molecule has 1 N–H and O–H groups in total. The number of benzene rings is 1. The molecule has 1 heterocycles. The van der Waals surface area contributed by atoms with Crippen LogP contribution in [0.5, 0.6) is 0 Å². The van der Waals surface area contributed by atoms with E-state index in [-0.39, 0.29) is 0 Å². The summed E-state index contributed by atoms with van der Waals surface area (Å²) >= 11 is 0. The molecule has 1 saturated carbocycles. The second-order valence-corrected chi connectivity index (χ2v) is 6.85. The number of piperidine rings is 1. The average molecular weight is 286 g/mol. The fourth-order valence-electron chi connectivity index (χ4n) is 4.34. The van der Waals surface area contributed by atoms with Crippen molar-refractivity contribution >= 4 is 5.69 Å². The lowest BCUT2D eigenvalue weighted by Crippen LogP contribution is -2.47. The highest BCUT2D eigenvalue weighted by atomic mass is 15.2. The highest BCUT2D eigenvalue weighted by molar-refractivity contribution is 5.55. The lowest BCUT2D eigenvalue weighted by molar-refractivity contribution is 0.243. The summed E-state index contributed by atoms with van der Waals surface area (Å²) in [6.07, 6.45) is 8.57. The van der Waals surface area contributed by atoms with Crippen LogP contribution in [0.4, 0.5) is 5.69 Å². The maximum Gasteiger partial charge on any atom is 0.0398 e. The van der Waals surface area contributed by atoms with E-state index in [1.807, 2.05) is 0 Å². The molecule has 2 fully saturated rings. The Kier molecular flexibility index (Phi) is 4.84. The maximum atomic E-state index is 3.42. The Hall–Kier alpha value is -1.02. The molecule has 0 bridgehead atoms. The first-order chi connectivity index (χ1) is 10.3. The molecule has 1 aliphatic heterocycles. The molecule has 0 amide bonds. The van der Waals surface area contributed by atoms with Crippen molar-refractivity contribution in [1.82, 2.24) is 5.32 Å². The number of aryl methyl sites for hydroxylation is 1. The highest BCUT2D eigenvalue weighted by Gasteiger charge is 2.33. The summed E-state index contributed by atoms with van der Waals surface area (Å²) in [5.74, 6) is 0.952. The normalized spacial score (nSPS) is 25.7. The molecule has 116 valence electrons. The van der Waals surface area contributed by atoms with Gasteiger partial charge in [-0.3, -0.25) is 0 Å². The van der Waals surface area contributed by atoms with E-state index in [0.717, 1.165) is 25.0 Å². The van der Waals surface area contributed by atoms with Crippen molar-refractivity contribution in [2.24, 2.45) is 5.92 Å². The van der Waals surface area contributed by atoms with Crippen molar-refractivity contribution in [2.45, 2.75) is 65.0 Å². The third kappa shape index (κ3) is 3.26. The quantitative estimate of drug-likeness (QED) is 0.889. The Balaban J connectivity index is 1.78. The van der Waals surface area contributed by atoms with Crippen LogP contribution >= 0.6 is 0 Å². The minimum Gasteiger partial charge on any atom is -0.368 e. The summed E-state index contributed by atoms with van der Waals surface area (Å²) in [4.78, 5) is 2.74. The SMILES string of the molecule is CCNCc1ccc(N2CCC[C@H]3CCCC[C@H]32)c(C)c1. The van der Waals surface area contributed by atoms with E-state index < -0.39 is 0 Å². The fourth-order valence-corrected chi connectivity index (χ4v) is 4.34. The second kappa shape index (κ2) is 6.83. The lowest BCUT2D eigenvalue weighted by Gasteiger charge is -2.46. The van der Waals surface area contributed by atoms with E-state index in [2.05, 4.69) is 42.3 Å². The molecular weight excluding hydrogens is 256 g/mol. The van der Waals surface area contributed by atoms with Crippen molar-refractivity contribution < 1.29 is 0 Å². The van der Waals surface area contributed by atoms with Gasteiger partial charge in [0.15, 0.2) is 0 Å². The first-order valence-electron chi connectivity index (χ1n) is 8.86. The Labute approximate surface area is 129 Å². The predicted molar refractivity (Wildman–Crippen MR) is 90.9 cm³/mol. The summed E-state index contributed by atoms with van der Waals surface area (Å²) in [6.45, 7) is 7.74. The third-order valence-electron chi connectivity index (χ3n) is 5.39. The summed E-state index contributed by atoms with van der Waals surface area (Å²) in [5.41, 5.74) is 4.36. The molecule has 1 saturated heterocycles. The van der Waals surface area contributed by atoms with Gasteiger partial charge in [0.05, 0.1) is 0 Å². The van der Waals surface area contributed by atoms with Gasteiger partial charge in [0.25, 0.3) is 0 Å². The Bertz CT molecular complexity index is 467. The van der Waals surface area contributed by atoms with Crippen LogP contribution in [0.2, 0.25) is 0 Å². The number of nitrogens with one attached hydrogen (secondary N) is 1. The van der Waals surface area contributed by atoms with Crippen LogP contribution < -0.4 is 10.2 Å². The molecule has 1 aliphatic carbocycles. The van der Waals surface area contributed by atoms with Crippen molar-refractivity contribution in [3.63, 3.8) is 0 Å². The van der Waals surface area contributed by atoms with Crippen LogP contribution in [0, 0.1) is 12.8 Å². The van der Waals surface area contributed by atoms with Gasteiger partial charge in [-0.1, -0.05) is 31.9 Å². The number of fused-ring (bicyclic) bond motifs is 1. The molecule has 0 aromatic heterocycles. The Morgan fingerprint density at radius 2 is 1.95 bits per heavy atom. The van der Waals surface area contributed by atoms with E-state index in [0.29, 0.717) is 0 Å². The largest absolute Gasteiger partial charge is 0.368 e. The van der Waals surface area contributed by atoms with Crippen LogP contribution in [0.3, 0.4) is 0 Å². The molecule has 0 unspecified atom stereocenters. The minimum atomic E-state index is 0.811. The monoisotopic (exact) mass is 286 g/mol. The van der Waals surface area contributed by atoms with Crippen molar-refractivity contribution in [3.8, 4) is 0 Å². The molecule has 1 aromatic carbocycles. The molecule has 2 nitrogen and oxygen atoms in total. The number of rotatable bonds is 4. The standard InChI is InChI=1S/C19H30N2/c1-3-20-14-16-10-11-18(15(2)13-16)21-12-6-8-17-7-4-5-9-19(17)21/h10-11,13,17,19-20H,3-9,12,14H2,1-2H3/t17-,19-/m1/s1. The molecule has 1 aromatic rings. The zero-order valence-corrected chi connectivity index (χ0v) is 13.7. The summed E-state index contributed by atoms with van der Waals surface area (Å²) in [6, 6.07) is 7.88. The van der Waals surface area contributed by atoms with Gasteiger partial charge in [0.2, 0.25) is 0 Å². The molecule has 0 radical (unpaired) electrons. The van der Waals surface area contributed by atoms with Crippen LogP contribution in [0.1, 0.15) is 56.6 Å². The fraction of sp³-hybridized carbons (Fsp3) is 0.684. The molecule has 0 spiro atoms. The zero-order chi connectivity index (χ0) is 14.7. The minimum absolute atomic E-state index is 0.811. The summed E-state index contributed by atoms with van der Waals surface area (Å²) < 4.78 is 0. The van der Waals surface area contributed by atoms with E-state index in [1.165, 1.54) is 61.9 Å². The summed E-state index contributed by atoms with van der Waals surface area (Å²) in [7, 11) is 0. The van der Waals surface area contributed by atoms with E-state index in [4.69, 9.17) is 0 Å². The first-order valence-corrected chi connectivity index (χ1v) is 8.86. The molecule has 2 atom stereocenters. The van der Waals surface area contributed by atoms with Gasteiger partial charge in [0.1, 0.15) is 0 Å². The number of nitrogens with zero attached hydrogens (tertiary/aromatic N) is 1. The Morgan fingerprint density at radius 1 is 1.14 bits per heavy atom. The lowest BCUT2D eigenvalue weighted by atomic mass is 9.78. The molecule has 3 rings (SSSR count). The number of hydrogen-bond donors (Lipinski definition) is 1. The van der Waals surface area contributed by atoms with Gasteiger partial charge in [-0.2, -0.15) is 0 Å². The van der Waals surface area contributed by atoms with Gasteiger partial charge in [-0.15, -0.1) is 0 Å². The third-order valence-corrected chi connectivity index (χ3v) is 5.39. The van der Waals surface area contributed by atoms with Crippen LogP contribution in [-0.4, -0.2) is 19.1 Å². The van der Waals surface area contributed by atoms with Crippen LogP contribution in [0.15, 0.2) is 18.2 Å². The maximum absolute atomic E-state index is 3.42. The highest BCUT2D eigenvalue weighted by Crippen LogP contribution is 2.38. The molecular formula is C19H30N2. The Morgan fingerprint density at radius 3 is 2.76 bits per heavy atom. The topological polar surface area (TPSA) is 15.3 Å². The number of hydrogen-bond acceptors (Lipinski definition) is 2. The van der Waals surface area contributed by atoms with Gasteiger partial charge in [0, 0.05) is 24.8 Å². The van der Waals surface area contributed by atoms with E-state index in [9.17, 15) is 0 Å². The van der Waals surface area contributed by atoms with Crippen molar-refractivity contribution in [1.29, 1.82) is 0 Å². The van der Waals surface area contributed by atoms with E-state index in [1.54, 1.807) is 0 Å². The molecule has 2 heteroatoms. The predicted octanol–water partition coefficient (Wildman–Crippen LogP) is 4.26. The number of anilines is 1. The zero-order valence-electron chi connectivity index (χ0n) is 13.7. The second-order valence-electron chi connectivity index (χ2n) is 6.85. The van der Waals surface area contributed by atoms with Gasteiger partial charge < -0.3 is 10.2 Å². The molecule has 2 aliphatic rings. The van der Waals surface area contributed by atoms with Gasteiger partial charge >= 0.3 is 0 Å². The van der Waals surface area contributed by atoms with Crippen LogP contribution in [0.25, 0.3) is 0 Å². The van der Waals surface area contributed by atoms with E-state index >= 15 is 0 Å². The van der Waals surface area contributed by atoms with Gasteiger partial charge in [-0.25, -0.2) is 0 Å².